The highest BCUT2D eigenvalue weighted by Gasteiger charge is 2.42. The highest BCUT2D eigenvalue weighted by atomic mass is 19.4. The van der Waals surface area contributed by atoms with E-state index in [1.54, 1.807) is 0 Å². The predicted octanol–water partition coefficient (Wildman–Crippen LogP) is 2.45. The van der Waals surface area contributed by atoms with Crippen molar-refractivity contribution in [2.75, 3.05) is 23.7 Å². The molecule has 0 aromatic heterocycles. The van der Waals surface area contributed by atoms with Gasteiger partial charge in [0.1, 0.15) is 0 Å². The predicted molar refractivity (Wildman–Crippen MR) is 70.0 cm³/mol. The molecule has 1 aliphatic carbocycles. The van der Waals surface area contributed by atoms with Crippen molar-refractivity contribution in [1.29, 1.82) is 0 Å². The first-order valence-electron chi connectivity index (χ1n) is 6.60. The summed E-state index contributed by atoms with van der Waals surface area (Å²) in [5.74, 6) is 1.22. The number of hydrogen-bond acceptors (Lipinski definition) is 3. The van der Waals surface area contributed by atoms with Crippen LogP contribution in [0.4, 0.5) is 24.5 Å². The number of halogens is 3. The van der Waals surface area contributed by atoms with Gasteiger partial charge in [0.15, 0.2) is 0 Å². The summed E-state index contributed by atoms with van der Waals surface area (Å²) in [6.45, 7) is 1.22. The van der Waals surface area contributed by atoms with Gasteiger partial charge in [-0.25, -0.2) is 0 Å². The number of rotatable bonds is 1. The van der Waals surface area contributed by atoms with Crippen molar-refractivity contribution in [3.05, 3.63) is 29.7 Å². The van der Waals surface area contributed by atoms with E-state index >= 15 is 0 Å². The molecule has 109 valence electrons. The summed E-state index contributed by atoms with van der Waals surface area (Å²) in [5, 5.41) is 9.95. The molecule has 1 saturated heterocycles. The van der Waals surface area contributed by atoms with Crippen molar-refractivity contribution in [2.24, 2.45) is 5.92 Å². The van der Waals surface area contributed by atoms with E-state index in [2.05, 4.69) is 0 Å². The van der Waals surface area contributed by atoms with E-state index < -0.39 is 11.7 Å². The molecule has 1 aromatic rings. The Labute approximate surface area is 115 Å². The molecule has 1 aromatic carbocycles. The van der Waals surface area contributed by atoms with Crippen LogP contribution >= 0.6 is 0 Å². The zero-order valence-corrected chi connectivity index (χ0v) is 10.8. The van der Waals surface area contributed by atoms with Gasteiger partial charge in [0.2, 0.25) is 0 Å². The van der Waals surface area contributed by atoms with Crippen LogP contribution < -0.4 is 10.6 Å². The fraction of sp³-hybridized carbons (Fsp3) is 0.500. The Kier molecular flexibility index (Phi) is 3.08. The van der Waals surface area contributed by atoms with Gasteiger partial charge in [-0.15, -0.1) is 0 Å². The minimum Gasteiger partial charge on any atom is -0.397 e. The normalized spacial score (nSPS) is 27.1. The summed E-state index contributed by atoms with van der Waals surface area (Å²) in [6, 6.07) is 3.46. The van der Waals surface area contributed by atoms with Crippen molar-refractivity contribution in [2.45, 2.75) is 25.1 Å². The van der Waals surface area contributed by atoms with E-state index in [1.807, 2.05) is 4.90 Å². The molecule has 6 heteroatoms. The number of aliphatic hydroxyl groups is 1. The highest BCUT2D eigenvalue weighted by Crippen LogP contribution is 2.42. The summed E-state index contributed by atoms with van der Waals surface area (Å²) >= 11 is 0. The molecule has 3 nitrogen and oxygen atoms in total. The highest BCUT2D eigenvalue weighted by molar-refractivity contribution is 5.69. The summed E-state index contributed by atoms with van der Waals surface area (Å²) in [5.41, 5.74) is 5.81. The van der Waals surface area contributed by atoms with Crippen LogP contribution in [0, 0.1) is 11.8 Å². The van der Waals surface area contributed by atoms with E-state index in [0.717, 1.165) is 30.9 Å². The van der Waals surface area contributed by atoms with Crippen LogP contribution in [0.2, 0.25) is 0 Å². The molecule has 3 rings (SSSR count). The molecule has 1 aliphatic heterocycles. The lowest BCUT2D eigenvalue weighted by molar-refractivity contribution is -0.137. The number of alkyl halides is 3. The molecular weight excluding hydrogens is 269 g/mol. The van der Waals surface area contributed by atoms with E-state index in [-0.39, 0.29) is 17.7 Å². The zero-order chi connectivity index (χ0) is 14.5. The third-order valence-electron chi connectivity index (χ3n) is 4.25. The topological polar surface area (TPSA) is 49.5 Å². The van der Waals surface area contributed by atoms with Gasteiger partial charge in [-0.2, -0.15) is 13.2 Å². The van der Waals surface area contributed by atoms with Crippen LogP contribution in [0.5, 0.6) is 0 Å². The quantitative estimate of drug-likeness (QED) is 0.779. The lowest BCUT2D eigenvalue weighted by Gasteiger charge is -2.37. The number of nitrogens with zero attached hydrogens (tertiary/aromatic N) is 1. The molecule has 1 saturated carbocycles. The molecule has 20 heavy (non-hydrogen) atoms. The minimum absolute atomic E-state index is 0.135. The molecule has 3 N–H and O–H groups in total. The molecule has 2 fully saturated rings. The first-order valence-corrected chi connectivity index (χ1v) is 6.60. The molecule has 2 bridgehead atoms. The Morgan fingerprint density at radius 2 is 2.05 bits per heavy atom. The lowest BCUT2D eigenvalue weighted by atomic mass is 9.94. The Balaban J connectivity index is 1.85. The van der Waals surface area contributed by atoms with Crippen molar-refractivity contribution in [3.63, 3.8) is 0 Å². The second kappa shape index (κ2) is 4.55. The minimum atomic E-state index is -4.38. The van der Waals surface area contributed by atoms with Crippen LogP contribution in [0.3, 0.4) is 0 Å². The maximum atomic E-state index is 12.6. The second-order valence-corrected chi connectivity index (χ2v) is 5.55. The van der Waals surface area contributed by atoms with E-state index in [4.69, 9.17) is 5.73 Å². The fourth-order valence-corrected chi connectivity index (χ4v) is 3.17. The molecular formula is C14H16F3N2O. The van der Waals surface area contributed by atoms with Gasteiger partial charge in [0.05, 0.1) is 23.0 Å². The van der Waals surface area contributed by atoms with Crippen LogP contribution in [-0.2, 0) is 6.18 Å². The van der Waals surface area contributed by atoms with E-state index in [0.29, 0.717) is 18.8 Å². The fourth-order valence-electron chi connectivity index (χ4n) is 3.17. The first-order chi connectivity index (χ1) is 9.36. The number of anilines is 2. The van der Waals surface area contributed by atoms with Crippen LogP contribution in [0.15, 0.2) is 18.2 Å². The molecule has 2 unspecified atom stereocenters. The van der Waals surface area contributed by atoms with Crippen LogP contribution in [0.25, 0.3) is 0 Å². The number of nitrogens with two attached hydrogens (primary N) is 1. The zero-order valence-electron chi connectivity index (χ0n) is 10.8. The van der Waals surface area contributed by atoms with Gasteiger partial charge in [0, 0.05) is 24.9 Å². The first kappa shape index (κ1) is 13.5. The number of hydrogen-bond donors (Lipinski definition) is 2. The molecule has 2 atom stereocenters. The van der Waals surface area contributed by atoms with Gasteiger partial charge >= 0.3 is 6.18 Å². The number of fused-ring (bicyclic) bond motifs is 2. The average molecular weight is 285 g/mol. The Bertz CT molecular complexity index is 504. The summed E-state index contributed by atoms with van der Waals surface area (Å²) in [4.78, 5) is 1.97. The van der Waals surface area contributed by atoms with Gasteiger partial charge in [-0.1, -0.05) is 0 Å². The van der Waals surface area contributed by atoms with Gasteiger partial charge in [-0.05, 0) is 31.0 Å². The maximum absolute atomic E-state index is 12.6. The third-order valence-corrected chi connectivity index (χ3v) is 4.25. The summed E-state index contributed by atoms with van der Waals surface area (Å²) < 4.78 is 37.9. The standard InChI is InChI=1S/C14H16F3N2O/c15-14(16,17)10-3-4-12(11(18)5-10)19-6-8-1-2-9(7-19)13(8)20/h3-5,8,13,20H,1-2,6-7,18H2. The lowest BCUT2D eigenvalue weighted by Crippen LogP contribution is -2.44. The smallest absolute Gasteiger partial charge is 0.397 e. The average Bonchev–Trinajstić information content (AvgIpc) is 2.61. The molecule has 0 spiro atoms. The van der Waals surface area contributed by atoms with Gasteiger partial charge in [0.25, 0.3) is 0 Å². The molecule has 0 amide bonds. The number of benzene rings is 1. The van der Waals surface area contributed by atoms with Crippen LogP contribution in [0.1, 0.15) is 18.4 Å². The maximum Gasteiger partial charge on any atom is 0.416 e. The Hall–Kier alpha value is -1.43. The Morgan fingerprint density at radius 1 is 1.30 bits per heavy atom. The molecule has 1 heterocycles. The van der Waals surface area contributed by atoms with E-state index in [1.165, 1.54) is 6.07 Å². The number of piperidine rings is 1. The SMILES string of the molecule is Nc1cc(C(F)(F)F)ccc1N1C[C]2CCC(C1)C2O. The summed E-state index contributed by atoms with van der Waals surface area (Å²) in [7, 11) is 0. The van der Waals surface area contributed by atoms with E-state index in [9.17, 15) is 18.3 Å². The van der Waals surface area contributed by atoms with Crippen molar-refractivity contribution >= 4 is 11.4 Å². The Morgan fingerprint density at radius 3 is 2.65 bits per heavy atom. The molecule has 1 radical (unpaired) electrons. The third kappa shape index (κ3) is 2.22. The summed E-state index contributed by atoms with van der Waals surface area (Å²) in [6.07, 6.45) is -2.91. The molecule has 2 aliphatic rings. The monoisotopic (exact) mass is 285 g/mol. The van der Waals surface area contributed by atoms with Gasteiger partial charge < -0.3 is 15.7 Å². The van der Waals surface area contributed by atoms with Crippen LogP contribution in [-0.4, -0.2) is 24.3 Å². The van der Waals surface area contributed by atoms with Crippen molar-refractivity contribution in [3.8, 4) is 0 Å². The van der Waals surface area contributed by atoms with Crippen molar-refractivity contribution < 1.29 is 18.3 Å². The van der Waals surface area contributed by atoms with Gasteiger partial charge in [-0.3, -0.25) is 0 Å². The number of aliphatic hydroxyl groups excluding tert-OH is 1. The van der Waals surface area contributed by atoms with Crippen molar-refractivity contribution in [1.82, 2.24) is 0 Å². The number of nitrogen functional groups attached to an aromatic ring is 1. The second-order valence-electron chi connectivity index (χ2n) is 5.55. The largest absolute Gasteiger partial charge is 0.416 e.